The summed E-state index contributed by atoms with van der Waals surface area (Å²) in [5.41, 5.74) is 4.32. The minimum atomic E-state index is -0.805. The Kier molecular flexibility index (Phi) is 12.3. The minimum absolute atomic E-state index is 0.0754. The topological polar surface area (TPSA) is 151 Å². The number of aliphatic hydroxyl groups excluding tert-OH is 1. The molecule has 13 nitrogen and oxygen atoms in total. The lowest BCUT2D eigenvalue weighted by atomic mass is 9.91. The lowest BCUT2D eigenvalue weighted by molar-refractivity contribution is -0.141. The molecule has 3 saturated heterocycles. The van der Waals surface area contributed by atoms with E-state index >= 15 is 0 Å². The first kappa shape index (κ1) is 39.7. The summed E-state index contributed by atoms with van der Waals surface area (Å²) < 4.78 is 17.8. The van der Waals surface area contributed by atoms with Gasteiger partial charge in [-0.05, 0) is 77.3 Å². The van der Waals surface area contributed by atoms with E-state index in [1.165, 1.54) is 4.90 Å². The van der Waals surface area contributed by atoms with Crippen molar-refractivity contribution in [3.8, 4) is 10.4 Å². The largest absolute Gasteiger partial charge is 0.444 e. The molecule has 4 atom stereocenters. The van der Waals surface area contributed by atoms with Crippen molar-refractivity contribution in [2.24, 2.45) is 5.92 Å². The molecule has 6 rings (SSSR count). The highest BCUT2D eigenvalue weighted by Gasteiger charge is 2.44. The van der Waals surface area contributed by atoms with E-state index in [4.69, 9.17) is 14.0 Å². The van der Waals surface area contributed by atoms with Gasteiger partial charge < -0.3 is 39.1 Å². The molecule has 2 N–H and O–H groups in total. The van der Waals surface area contributed by atoms with E-state index in [1.54, 1.807) is 16.2 Å². The number of anilines is 1. The van der Waals surface area contributed by atoms with Gasteiger partial charge in [0.1, 0.15) is 17.6 Å². The van der Waals surface area contributed by atoms with Crippen LogP contribution in [-0.2, 0) is 19.1 Å². The number of hydrogen-bond acceptors (Lipinski definition) is 11. The van der Waals surface area contributed by atoms with E-state index in [-0.39, 0.29) is 55.0 Å². The summed E-state index contributed by atoms with van der Waals surface area (Å²) in [7, 11) is 0. The summed E-state index contributed by atoms with van der Waals surface area (Å²) in [6.45, 7) is 16.2. The van der Waals surface area contributed by atoms with Gasteiger partial charge >= 0.3 is 6.09 Å². The van der Waals surface area contributed by atoms with Crippen molar-refractivity contribution >= 4 is 35.1 Å². The Morgan fingerprint density at radius 2 is 1.65 bits per heavy atom. The normalized spacial score (nSPS) is 21.4. The summed E-state index contributed by atoms with van der Waals surface area (Å²) in [6.07, 6.45) is 2.56. The summed E-state index contributed by atoms with van der Waals surface area (Å²) >= 11 is 1.59. The number of thiazole rings is 1. The highest BCUT2D eigenvalue weighted by Crippen LogP contribution is 2.34. The summed E-state index contributed by atoms with van der Waals surface area (Å²) in [5, 5.41) is 18.1. The molecule has 0 aliphatic carbocycles. The zero-order valence-corrected chi connectivity index (χ0v) is 33.4. The number of aliphatic hydroxyl groups is 1. The molecule has 3 aromatic rings. The molecule has 294 valence electrons. The van der Waals surface area contributed by atoms with Crippen molar-refractivity contribution in [2.45, 2.75) is 122 Å². The number of nitrogens with one attached hydrogen (secondary N) is 1. The molecule has 0 spiro atoms. The Bertz CT molecular complexity index is 1740. The maximum atomic E-state index is 14.2. The fraction of sp³-hybridized carbons (Fsp3) is 0.625. The second-order valence-electron chi connectivity index (χ2n) is 16.3. The SMILES string of the molecule is Cc1ncsc1-c1ccc([C@H](C)NC(=O)[C@@H]2C[C@@H](O)CN2C(=O)C(c2cc(N3CCC(OC4CCN(C(=O)OC(C)(C)C)CC4)CC3)no2)C(C)C)cc1. The van der Waals surface area contributed by atoms with Crippen LogP contribution >= 0.6 is 11.3 Å². The summed E-state index contributed by atoms with van der Waals surface area (Å²) in [4.78, 5) is 51.2. The fourth-order valence-electron chi connectivity index (χ4n) is 7.68. The first-order valence-corrected chi connectivity index (χ1v) is 20.2. The van der Waals surface area contributed by atoms with Crippen molar-refractivity contribution in [3.05, 3.63) is 52.9 Å². The molecule has 1 aromatic carbocycles. The molecular formula is C40H56N6O7S. The lowest BCUT2D eigenvalue weighted by Crippen LogP contribution is -2.48. The minimum Gasteiger partial charge on any atom is -0.444 e. The van der Waals surface area contributed by atoms with Gasteiger partial charge in [0.15, 0.2) is 11.6 Å². The number of likely N-dealkylation sites (tertiary alicyclic amines) is 2. The Hall–Kier alpha value is -4.01. The van der Waals surface area contributed by atoms with E-state index in [1.807, 2.05) is 84.3 Å². The maximum Gasteiger partial charge on any atom is 0.410 e. The fourth-order valence-corrected chi connectivity index (χ4v) is 8.50. The van der Waals surface area contributed by atoms with Gasteiger partial charge in [0, 0.05) is 45.2 Å². The monoisotopic (exact) mass is 764 g/mol. The lowest BCUT2D eigenvalue weighted by Gasteiger charge is -2.37. The third-order valence-corrected chi connectivity index (χ3v) is 11.6. The number of β-amino-alcohol motifs (C(OH)–C–C–N with tert-alkyl or cyclic N) is 1. The van der Waals surface area contributed by atoms with Crippen LogP contribution in [0.25, 0.3) is 10.4 Å². The predicted molar refractivity (Wildman–Crippen MR) is 206 cm³/mol. The molecule has 54 heavy (non-hydrogen) atoms. The second-order valence-corrected chi connectivity index (χ2v) is 17.2. The zero-order valence-electron chi connectivity index (χ0n) is 32.6. The van der Waals surface area contributed by atoms with Gasteiger partial charge in [-0.3, -0.25) is 9.59 Å². The number of amides is 3. The van der Waals surface area contributed by atoms with Crippen LogP contribution in [-0.4, -0.2) is 106 Å². The standard InChI is InChI=1S/C40H56N6O7S/c1-24(2)35(33-21-34(43-53-33)44-16-12-30(13-17-44)51-31-14-18-45(19-15-31)39(50)52-40(5,6)7)38(49)46-22-29(47)20-32(46)37(48)42-25(3)27-8-10-28(11-9-27)36-26(4)41-23-54-36/h8-11,21,23-25,29-32,35,47H,12-20,22H2,1-7H3,(H,42,48)/t25-,29+,32-,35?/m0/s1. The number of piperidine rings is 2. The van der Waals surface area contributed by atoms with Crippen molar-refractivity contribution in [3.63, 3.8) is 0 Å². The van der Waals surface area contributed by atoms with Gasteiger partial charge in [0.2, 0.25) is 11.8 Å². The van der Waals surface area contributed by atoms with Gasteiger partial charge in [-0.1, -0.05) is 43.3 Å². The van der Waals surface area contributed by atoms with Gasteiger partial charge in [-0.25, -0.2) is 9.78 Å². The molecular weight excluding hydrogens is 709 g/mol. The molecule has 14 heteroatoms. The highest BCUT2D eigenvalue weighted by atomic mass is 32.1. The molecule has 1 unspecified atom stereocenters. The number of hydrogen-bond donors (Lipinski definition) is 2. The van der Waals surface area contributed by atoms with Crippen LogP contribution < -0.4 is 10.2 Å². The molecule has 2 aromatic heterocycles. The number of carbonyl (C=O) groups excluding carboxylic acids is 3. The van der Waals surface area contributed by atoms with Crippen LogP contribution in [0.2, 0.25) is 0 Å². The van der Waals surface area contributed by atoms with Crippen LogP contribution in [0.1, 0.15) is 103 Å². The number of ether oxygens (including phenoxy) is 2. The molecule has 3 aliphatic rings. The first-order valence-electron chi connectivity index (χ1n) is 19.3. The quantitative estimate of drug-likeness (QED) is 0.249. The number of nitrogens with zero attached hydrogens (tertiary/aromatic N) is 5. The van der Waals surface area contributed by atoms with E-state index in [2.05, 4.69) is 20.4 Å². The van der Waals surface area contributed by atoms with Crippen molar-refractivity contribution in [1.82, 2.24) is 25.3 Å². The van der Waals surface area contributed by atoms with Crippen LogP contribution in [0, 0.1) is 12.8 Å². The Morgan fingerprint density at radius 1 is 1.00 bits per heavy atom. The van der Waals surface area contributed by atoms with Gasteiger partial charge in [-0.15, -0.1) is 11.3 Å². The third-order valence-electron chi connectivity index (χ3n) is 10.6. The van der Waals surface area contributed by atoms with Crippen molar-refractivity contribution < 1.29 is 33.5 Å². The average Bonchev–Trinajstić information content (AvgIpc) is 3.88. The number of carbonyl (C=O) groups is 3. The molecule has 0 radical (unpaired) electrons. The maximum absolute atomic E-state index is 14.2. The zero-order chi connectivity index (χ0) is 38.7. The van der Waals surface area contributed by atoms with Gasteiger partial charge in [-0.2, -0.15) is 0 Å². The predicted octanol–water partition coefficient (Wildman–Crippen LogP) is 6.07. The van der Waals surface area contributed by atoms with E-state index in [9.17, 15) is 19.5 Å². The molecule has 5 heterocycles. The Balaban J connectivity index is 1.02. The summed E-state index contributed by atoms with van der Waals surface area (Å²) in [5.74, 6) is -0.237. The molecule has 3 amide bonds. The number of benzene rings is 1. The molecule has 0 bridgehead atoms. The van der Waals surface area contributed by atoms with E-state index < -0.39 is 23.7 Å². The number of rotatable bonds is 10. The smallest absolute Gasteiger partial charge is 0.410 e. The molecule has 3 fully saturated rings. The van der Waals surface area contributed by atoms with E-state index in [0.29, 0.717) is 24.7 Å². The highest BCUT2D eigenvalue weighted by molar-refractivity contribution is 7.13. The van der Waals surface area contributed by atoms with Crippen LogP contribution in [0.4, 0.5) is 10.6 Å². The van der Waals surface area contributed by atoms with Crippen LogP contribution in [0.3, 0.4) is 0 Å². The average molecular weight is 765 g/mol. The Labute approximate surface area is 322 Å². The number of aromatic nitrogens is 2. The number of aryl methyl sites for hydroxylation is 1. The van der Waals surface area contributed by atoms with Gasteiger partial charge in [0.25, 0.3) is 0 Å². The molecule has 3 aliphatic heterocycles. The van der Waals surface area contributed by atoms with E-state index in [0.717, 1.165) is 60.5 Å². The van der Waals surface area contributed by atoms with Crippen molar-refractivity contribution in [2.75, 3.05) is 37.6 Å². The van der Waals surface area contributed by atoms with Crippen LogP contribution in [0.5, 0.6) is 0 Å². The summed E-state index contributed by atoms with van der Waals surface area (Å²) in [6, 6.07) is 8.80. The third kappa shape index (κ3) is 9.43. The van der Waals surface area contributed by atoms with Crippen LogP contribution in [0.15, 0.2) is 40.4 Å². The Morgan fingerprint density at radius 3 is 2.24 bits per heavy atom. The van der Waals surface area contributed by atoms with Gasteiger partial charge in [0.05, 0.1) is 40.4 Å². The van der Waals surface area contributed by atoms with Crippen molar-refractivity contribution in [1.29, 1.82) is 0 Å². The molecule has 0 saturated carbocycles. The second kappa shape index (κ2) is 16.8. The first-order chi connectivity index (χ1) is 25.7.